The molecule has 0 atom stereocenters. The molecule has 0 saturated carbocycles. The maximum Gasteiger partial charge on any atom is 0.219 e. The largest absolute Gasteiger partial charge is 0.340 e. The highest BCUT2D eigenvalue weighted by atomic mass is 16.2. The van der Waals surface area contributed by atoms with Gasteiger partial charge in [-0.25, -0.2) is 4.98 Å². The van der Waals surface area contributed by atoms with Crippen molar-refractivity contribution in [1.29, 1.82) is 0 Å². The number of piperazine rings is 1. The van der Waals surface area contributed by atoms with Gasteiger partial charge in [0.25, 0.3) is 0 Å². The van der Waals surface area contributed by atoms with Gasteiger partial charge in [-0.1, -0.05) is 48.5 Å². The first-order chi connectivity index (χ1) is 12.7. The van der Waals surface area contributed by atoms with E-state index in [-0.39, 0.29) is 5.91 Å². The number of carbonyl (C=O) groups excluding carboxylic acids is 1. The molecule has 4 heteroatoms. The Morgan fingerprint density at radius 3 is 2.38 bits per heavy atom. The maximum atomic E-state index is 11.5. The third kappa shape index (κ3) is 3.46. The van der Waals surface area contributed by atoms with E-state index in [2.05, 4.69) is 53.4 Å². The Morgan fingerprint density at radius 2 is 1.65 bits per heavy atom. The van der Waals surface area contributed by atoms with Gasteiger partial charge in [-0.3, -0.25) is 9.69 Å². The summed E-state index contributed by atoms with van der Waals surface area (Å²) in [6.07, 6.45) is 0. The van der Waals surface area contributed by atoms with Crippen LogP contribution in [0.5, 0.6) is 0 Å². The van der Waals surface area contributed by atoms with Gasteiger partial charge < -0.3 is 4.90 Å². The zero-order valence-electron chi connectivity index (χ0n) is 15.1. The fourth-order valence-corrected chi connectivity index (χ4v) is 3.59. The van der Waals surface area contributed by atoms with Gasteiger partial charge in [0.15, 0.2) is 0 Å². The summed E-state index contributed by atoms with van der Waals surface area (Å²) in [6.45, 7) is 5.92. The summed E-state index contributed by atoms with van der Waals surface area (Å²) in [5, 5.41) is 1.17. The molecular weight excluding hydrogens is 322 g/mol. The van der Waals surface area contributed by atoms with Gasteiger partial charge in [-0.05, 0) is 17.7 Å². The Balaban J connectivity index is 1.66. The third-order valence-electron chi connectivity index (χ3n) is 5.06. The molecule has 132 valence electrons. The molecule has 0 unspecified atom stereocenters. The second-order valence-corrected chi connectivity index (χ2v) is 6.84. The minimum absolute atomic E-state index is 0.169. The van der Waals surface area contributed by atoms with E-state index in [4.69, 9.17) is 4.98 Å². The van der Waals surface area contributed by atoms with Gasteiger partial charge >= 0.3 is 0 Å². The molecule has 1 amide bonds. The summed E-state index contributed by atoms with van der Waals surface area (Å²) >= 11 is 0. The van der Waals surface area contributed by atoms with Gasteiger partial charge in [-0.15, -0.1) is 0 Å². The molecule has 0 N–H and O–H groups in total. The molecule has 0 aliphatic carbocycles. The first-order valence-corrected chi connectivity index (χ1v) is 9.13. The summed E-state index contributed by atoms with van der Waals surface area (Å²) in [5.41, 5.74) is 4.47. The average molecular weight is 345 g/mol. The molecular formula is C22H23N3O. The first kappa shape index (κ1) is 16.7. The lowest BCUT2D eigenvalue weighted by Gasteiger charge is -2.34. The van der Waals surface area contributed by atoms with E-state index < -0.39 is 0 Å². The van der Waals surface area contributed by atoms with Gasteiger partial charge in [0.2, 0.25) is 5.91 Å². The van der Waals surface area contributed by atoms with Crippen molar-refractivity contribution in [3.05, 3.63) is 66.2 Å². The Labute approximate surface area is 154 Å². The quantitative estimate of drug-likeness (QED) is 0.728. The van der Waals surface area contributed by atoms with E-state index in [1.807, 2.05) is 17.0 Å². The van der Waals surface area contributed by atoms with Crippen molar-refractivity contribution in [2.75, 3.05) is 26.2 Å². The van der Waals surface area contributed by atoms with Crippen molar-refractivity contribution in [1.82, 2.24) is 14.8 Å². The lowest BCUT2D eigenvalue weighted by atomic mass is 10.0. The zero-order chi connectivity index (χ0) is 17.9. The fourth-order valence-electron chi connectivity index (χ4n) is 3.59. The van der Waals surface area contributed by atoms with Crippen molar-refractivity contribution in [3.63, 3.8) is 0 Å². The van der Waals surface area contributed by atoms with E-state index in [1.165, 1.54) is 10.9 Å². The fraction of sp³-hybridized carbons (Fsp3) is 0.273. The number of rotatable bonds is 3. The van der Waals surface area contributed by atoms with Crippen LogP contribution in [-0.2, 0) is 11.3 Å². The number of pyridine rings is 1. The second kappa shape index (κ2) is 7.26. The van der Waals surface area contributed by atoms with Gasteiger partial charge in [-0.2, -0.15) is 0 Å². The Kier molecular flexibility index (Phi) is 4.67. The van der Waals surface area contributed by atoms with Crippen LogP contribution in [0.3, 0.4) is 0 Å². The lowest BCUT2D eigenvalue weighted by molar-refractivity contribution is -0.130. The van der Waals surface area contributed by atoms with E-state index in [1.54, 1.807) is 6.92 Å². The van der Waals surface area contributed by atoms with Crippen LogP contribution in [0.4, 0.5) is 0 Å². The SMILES string of the molecule is CC(=O)N1CCN(Cc2cc3ccccc3nc2-c2ccccc2)CC1. The first-order valence-electron chi connectivity index (χ1n) is 9.13. The van der Waals surface area contributed by atoms with E-state index >= 15 is 0 Å². The number of para-hydroxylation sites is 1. The average Bonchev–Trinajstić information content (AvgIpc) is 2.68. The predicted octanol–water partition coefficient (Wildman–Crippen LogP) is 3.57. The highest BCUT2D eigenvalue weighted by molar-refractivity contribution is 5.83. The summed E-state index contributed by atoms with van der Waals surface area (Å²) in [6, 6.07) is 20.9. The molecule has 0 bridgehead atoms. The Bertz CT molecular complexity index is 915. The summed E-state index contributed by atoms with van der Waals surface area (Å²) in [5.74, 6) is 0.169. The molecule has 2 heterocycles. The third-order valence-corrected chi connectivity index (χ3v) is 5.06. The number of amides is 1. The number of benzene rings is 2. The van der Waals surface area contributed by atoms with Crippen molar-refractivity contribution in [3.8, 4) is 11.3 Å². The van der Waals surface area contributed by atoms with Crippen molar-refractivity contribution >= 4 is 16.8 Å². The summed E-state index contributed by atoms with van der Waals surface area (Å²) < 4.78 is 0. The highest BCUT2D eigenvalue weighted by Gasteiger charge is 2.20. The van der Waals surface area contributed by atoms with Crippen LogP contribution in [-0.4, -0.2) is 46.9 Å². The lowest BCUT2D eigenvalue weighted by Crippen LogP contribution is -2.47. The smallest absolute Gasteiger partial charge is 0.219 e. The van der Waals surface area contributed by atoms with Crippen molar-refractivity contribution in [2.45, 2.75) is 13.5 Å². The van der Waals surface area contributed by atoms with Crippen LogP contribution in [0.25, 0.3) is 22.2 Å². The van der Waals surface area contributed by atoms with E-state index in [0.29, 0.717) is 0 Å². The van der Waals surface area contributed by atoms with E-state index in [0.717, 1.165) is 49.5 Å². The van der Waals surface area contributed by atoms with Crippen molar-refractivity contribution in [2.24, 2.45) is 0 Å². The maximum absolute atomic E-state index is 11.5. The van der Waals surface area contributed by atoms with Crippen LogP contribution in [0.2, 0.25) is 0 Å². The molecule has 3 aromatic rings. The molecule has 0 radical (unpaired) electrons. The summed E-state index contributed by atoms with van der Waals surface area (Å²) in [7, 11) is 0. The zero-order valence-corrected chi connectivity index (χ0v) is 15.1. The second-order valence-electron chi connectivity index (χ2n) is 6.84. The number of aromatic nitrogens is 1. The summed E-state index contributed by atoms with van der Waals surface area (Å²) in [4.78, 5) is 20.8. The minimum atomic E-state index is 0.169. The van der Waals surface area contributed by atoms with Crippen LogP contribution >= 0.6 is 0 Å². The highest BCUT2D eigenvalue weighted by Crippen LogP contribution is 2.27. The minimum Gasteiger partial charge on any atom is -0.340 e. The molecule has 1 saturated heterocycles. The molecule has 4 rings (SSSR count). The number of hydrogen-bond acceptors (Lipinski definition) is 3. The Hall–Kier alpha value is -2.72. The van der Waals surface area contributed by atoms with E-state index in [9.17, 15) is 4.79 Å². The molecule has 1 aliphatic rings. The van der Waals surface area contributed by atoms with Gasteiger partial charge in [0.1, 0.15) is 0 Å². The molecule has 2 aromatic carbocycles. The van der Waals surface area contributed by atoms with Gasteiger partial charge in [0, 0.05) is 50.6 Å². The Morgan fingerprint density at radius 1 is 0.962 bits per heavy atom. The number of hydrogen-bond donors (Lipinski definition) is 0. The van der Waals surface area contributed by atoms with Crippen LogP contribution in [0.1, 0.15) is 12.5 Å². The molecule has 1 aliphatic heterocycles. The molecule has 1 aromatic heterocycles. The number of fused-ring (bicyclic) bond motifs is 1. The normalized spacial score (nSPS) is 15.3. The van der Waals surface area contributed by atoms with Crippen molar-refractivity contribution < 1.29 is 4.79 Å². The molecule has 26 heavy (non-hydrogen) atoms. The number of carbonyl (C=O) groups is 1. The van der Waals surface area contributed by atoms with Crippen LogP contribution in [0, 0.1) is 0 Å². The predicted molar refractivity (Wildman–Crippen MR) is 105 cm³/mol. The topological polar surface area (TPSA) is 36.4 Å². The molecule has 0 spiro atoms. The standard InChI is InChI=1S/C22H23N3O/c1-17(26)25-13-11-24(12-14-25)16-20-15-19-9-5-6-10-21(19)23-22(20)18-7-3-2-4-8-18/h2-10,15H,11-14,16H2,1H3. The monoisotopic (exact) mass is 345 g/mol. The van der Waals surface area contributed by atoms with Crippen LogP contribution in [0.15, 0.2) is 60.7 Å². The van der Waals surface area contributed by atoms with Gasteiger partial charge in [0.05, 0.1) is 11.2 Å². The molecule has 1 fully saturated rings. The number of nitrogens with zero attached hydrogens (tertiary/aromatic N) is 3. The van der Waals surface area contributed by atoms with Crippen LogP contribution < -0.4 is 0 Å². The molecule has 4 nitrogen and oxygen atoms in total.